The van der Waals surface area contributed by atoms with E-state index in [0.29, 0.717) is 0 Å². The first-order valence-corrected chi connectivity index (χ1v) is 8.28. The van der Waals surface area contributed by atoms with Crippen molar-refractivity contribution in [3.8, 4) is 0 Å². The Bertz CT molecular complexity index is 544. The number of ether oxygens (including phenoxy) is 1. The summed E-state index contributed by atoms with van der Waals surface area (Å²) in [6.07, 6.45) is 13.1. The van der Waals surface area contributed by atoms with Crippen LogP contribution in [-0.2, 0) is 31.2 Å². The minimum atomic E-state index is 0. The third-order valence-electron chi connectivity index (χ3n) is 3.78. The van der Waals surface area contributed by atoms with Crippen LogP contribution in [0, 0.1) is 0 Å². The van der Waals surface area contributed by atoms with Crippen molar-refractivity contribution in [2.24, 2.45) is 7.05 Å². The molecule has 2 aromatic heterocycles. The molecule has 0 unspecified atom stereocenters. The third kappa shape index (κ3) is 8.62. The molecule has 0 radical (unpaired) electrons. The van der Waals surface area contributed by atoms with Gasteiger partial charge in [0.1, 0.15) is 13.7 Å². The molecule has 0 fully saturated rings. The van der Waals surface area contributed by atoms with Crippen LogP contribution in [0.25, 0.3) is 0 Å². The van der Waals surface area contributed by atoms with Crippen LogP contribution in [0.3, 0.4) is 0 Å². The van der Waals surface area contributed by atoms with Gasteiger partial charge in [-0.15, -0.1) is 24.8 Å². The minimum Gasteiger partial charge on any atom is -0.375 e. The molecule has 2 rings (SSSR count). The van der Waals surface area contributed by atoms with Gasteiger partial charge in [0.25, 0.3) is 0 Å². The highest BCUT2D eigenvalue weighted by molar-refractivity contribution is 5.85. The lowest BCUT2D eigenvalue weighted by molar-refractivity contribution is -0.698. The van der Waals surface area contributed by atoms with Crippen molar-refractivity contribution in [1.82, 2.24) is 0 Å². The molecule has 0 N–H and O–H groups in total. The van der Waals surface area contributed by atoms with Crippen LogP contribution in [-0.4, -0.2) is 13.2 Å². The van der Waals surface area contributed by atoms with Gasteiger partial charge in [0, 0.05) is 30.9 Å². The van der Waals surface area contributed by atoms with Crippen LogP contribution in [0.4, 0.5) is 0 Å². The van der Waals surface area contributed by atoms with Gasteiger partial charge in [-0.3, -0.25) is 0 Å². The second kappa shape index (κ2) is 13.2. The van der Waals surface area contributed by atoms with Crippen molar-refractivity contribution in [2.75, 3.05) is 13.2 Å². The molecule has 3 nitrogen and oxygen atoms in total. The molecule has 0 aliphatic carbocycles. The van der Waals surface area contributed by atoms with E-state index in [-0.39, 0.29) is 24.8 Å². The predicted octanol–water partition coefficient (Wildman–Crippen LogP) is 3.24. The van der Waals surface area contributed by atoms with E-state index in [1.807, 2.05) is 0 Å². The number of nitrogens with zero attached hydrogens (tertiary/aromatic N) is 2. The number of aryl methyl sites for hydroxylation is 3. The van der Waals surface area contributed by atoms with Crippen LogP contribution in [0.1, 0.15) is 30.9 Å². The maximum absolute atomic E-state index is 5.52. The smallest absolute Gasteiger partial charge is 0.171 e. The molecule has 2 aromatic rings. The van der Waals surface area contributed by atoms with Gasteiger partial charge in [-0.2, -0.15) is 0 Å². The Morgan fingerprint density at radius 3 is 1.92 bits per heavy atom. The molecule has 134 valence electrons. The van der Waals surface area contributed by atoms with Gasteiger partial charge < -0.3 is 4.74 Å². The van der Waals surface area contributed by atoms with Gasteiger partial charge >= 0.3 is 0 Å². The molecule has 0 saturated carbocycles. The van der Waals surface area contributed by atoms with E-state index in [1.54, 1.807) is 0 Å². The minimum absolute atomic E-state index is 0. The molecule has 0 amide bonds. The summed E-state index contributed by atoms with van der Waals surface area (Å²) in [6, 6.07) is 8.86. The summed E-state index contributed by atoms with van der Waals surface area (Å²) >= 11 is 0. The van der Waals surface area contributed by atoms with Gasteiger partial charge in [-0.1, -0.05) is 6.92 Å². The average Bonchev–Trinajstić information content (AvgIpc) is 2.55. The fourth-order valence-corrected chi connectivity index (χ4v) is 2.42. The predicted molar refractivity (Wildman–Crippen MR) is 102 cm³/mol. The Morgan fingerprint density at radius 1 is 0.833 bits per heavy atom. The molecule has 0 aliphatic rings. The lowest BCUT2D eigenvalue weighted by Crippen LogP contribution is -2.35. The SMILES string of the molecule is CCCOCC[n+]1ccc(CCCc2cc[n+](C)cc2)cc1.Cl.Cl. The highest BCUT2D eigenvalue weighted by Crippen LogP contribution is 2.06. The van der Waals surface area contributed by atoms with Crippen molar-refractivity contribution >= 4 is 24.8 Å². The summed E-state index contributed by atoms with van der Waals surface area (Å²) in [5.41, 5.74) is 2.82. The number of pyridine rings is 2. The Balaban J connectivity index is 0.00000264. The molecule has 0 saturated heterocycles. The highest BCUT2D eigenvalue weighted by atomic mass is 35.5. The summed E-state index contributed by atoms with van der Waals surface area (Å²) in [7, 11) is 2.05. The molecule has 24 heavy (non-hydrogen) atoms. The van der Waals surface area contributed by atoms with Gasteiger partial charge in [-0.25, -0.2) is 9.13 Å². The van der Waals surface area contributed by atoms with Crippen molar-refractivity contribution < 1.29 is 13.9 Å². The molecule has 0 atom stereocenters. The van der Waals surface area contributed by atoms with Crippen molar-refractivity contribution in [2.45, 2.75) is 39.2 Å². The summed E-state index contributed by atoms with van der Waals surface area (Å²) in [6.45, 7) is 4.72. The molecule has 0 bridgehead atoms. The molecule has 0 aromatic carbocycles. The van der Waals surface area contributed by atoms with Crippen LogP contribution in [0.5, 0.6) is 0 Å². The molecule has 0 aliphatic heterocycles. The maximum atomic E-state index is 5.52. The highest BCUT2D eigenvalue weighted by Gasteiger charge is 2.02. The van der Waals surface area contributed by atoms with Crippen molar-refractivity contribution in [3.63, 3.8) is 0 Å². The molecular weight excluding hydrogens is 343 g/mol. The fraction of sp³-hybridized carbons (Fsp3) is 0.474. The summed E-state index contributed by atoms with van der Waals surface area (Å²) in [5, 5.41) is 0. The van der Waals surface area contributed by atoms with E-state index < -0.39 is 0 Å². The van der Waals surface area contributed by atoms with Crippen LogP contribution < -0.4 is 9.13 Å². The lowest BCUT2D eigenvalue weighted by atomic mass is 10.1. The topological polar surface area (TPSA) is 17.0 Å². The Kier molecular flexibility index (Phi) is 12.5. The number of aromatic nitrogens is 2. The quantitative estimate of drug-likeness (QED) is 0.487. The zero-order valence-corrected chi connectivity index (χ0v) is 16.3. The normalized spacial score (nSPS) is 9.92. The van der Waals surface area contributed by atoms with Crippen LogP contribution >= 0.6 is 24.8 Å². The maximum Gasteiger partial charge on any atom is 0.171 e. The molecule has 5 heteroatoms. The number of rotatable bonds is 9. The van der Waals surface area contributed by atoms with E-state index in [2.05, 4.69) is 72.2 Å². The number of halogens is 2. The number of hydrogen-bond donors (Lipinski definition) is 0. The average molecular weight is 373 g/mol. The van der Waals surface area contributed by atoms with Gasteiger partial charge in [0.15, 0.2) is 31.3 Å². The van der Waals surface area contributed by atoms with E-state index in [9.17, 15) is 0 Å². The Hall–Kier alpha value is -1.16. The fourth-order valence-electron chi connectivity index (χ4n) is 2.42. The van der Waals surface area contributed by atoms with E-state index in [4.69, 9.17) is 4.74 Å². The van der Waals surface area contributed by atoms with Crippen molar-refractivity contribution in [1.29, 1.82) is 0 Å². The second-order valence-corrected chi connectivity index (χ2v) is 5.78. The first-order valence-electron chi connectivity index (χ1n) is 8.28. The Morgan fingerprint density at radius 2 is 1.38 bits per heavy atom. The lowest BCUT2D eigenvalue weighted by Gasteiger charge is -2.02. The Labute approximate surface area is 158 Å². The molecular formula is C19H30Cl2N2O+2. The summed E-state index contributed by atoms with van der Waals surface area (Å²) in [5.74, 6) is 0. The van der Waals surface area contributed by atoms with Crippen molar-refractivity contribution in [3.05, 3.63) is 60.2 Å². The zero-order chi connectivity index (χ0) is 15.6. The summed E-state index contributed by atoms with van der Waals surface area (Å²) in [4.78, 5) is 0. The second-order valence-electron chi connectivity index (χ2n) is 5.78. The van der Waals surface area contributed by atoms with Gasteiger partial charge in [-0.05, 0) is 36.8 Å². The number of hydrogen-bond acceptors (Lipinski definition) is 1. The van der Waals surface area contributed by atoms with Gasteiger partial charge in [0.05, 0.1) is 0 Å². The first kappa shape index (κ1) is 22.8. The monoisotopic (exact) mass is 372 g/mol. The van der Waals surface area contributed by atoms with E-state index in [0.717, 1.165) is 39.0 Å². The summed E-state index contributed by atoms with van der Waals surface area (Å²) < 4.78 is 9.78. The van der Waals surface area contributed by atoms with E-state index >= 15 is 0 Å². The van der Waals surface area contributed by atoms with Gasteiger partial charge in [0.2, 0.25) is 0 Å². The third-order valence-corrected chi connectivity index (χ3v) is 3.78. The first-order chi connectivity index (χ1) is 10.8. The van der Waals surface area contributed by atoms with Crippen LogP contribution in [0.15, 0.2) is 49.1 Å². The van der Waals surface area contributed by atoms with Crippen LogP contribution in [0.2, 0.25) is 0 Å². The molecule has 0 spiro atoms. The molecule has 2 heterocycles. The zero-order valence-electron chi connectivity index (χ0n) is 14.7. The van der Waals surface area contributed by atoms with E-state index in [1.165, 1.54) is 17.5 Å². The standard InChI is InChI=1S/C19H28N2O.2ClH/c1-3-16-22-17-15-21-13-9-19(10-14-21)6-4-5-18-7-11-20(2)12-8-18;;/h7-14H,3-6,15-17H2,1-2H3;2*1H/q+2;;. The largest absolute Gasteiger partial charge is 0.375 e.